The van der Waals surface area contributed by atoms with Crippen LogP contribution in [0.3, 0.4) is 0 Å². The summed E-state index contributed by atoms with van der Waals surface area (Å²) in [5.41, 5.74) is 0.782. The van der Waals surface area contributed by atoms with Crippen LogP contribution in [0.5, 0.6) is 0 Å². The molecule has 0 saturated heterocycles. The molecule has 1 rings (SSSR count). The number of hydrogen-bond acceptors (Lipinski definition) is 1. The van der Waals surface area contributed by atoms with Gasteiger partial charge in [0.2, 0.25) is 0 Å². The molecule has 0 heterocycles. The highest BCUT2D eigenvalue weighted by Gasteiger charge is 2.25. The van der Waals surface area contributed by atoms with Crippen molar-refractivity contribution in [3.05, 3.63) is 34.9 Å². The van der Waals surface area contributed by atoms with Gasteiger partial charge in [-0.25, -0.2) is 8.78 Å². The van der Waals surface area contributed by atoms with Crippen LogP contribution in [0.15, 0.2) is 12.1 Å². The SMILES string of the molecule is CCNC(c1ccc(C)c(F)c1F)C(C)C(C)C. The Morgan fingerprint density at radius 3 is 2.22 bits per heavy atom. The monoisotopic (exact) mass is 255 g/mol. The summed E-state index contributed by atoms with van der Waals surface area (Å²) >= 11 is 0. The van der Waals surface area contributed by atoms with E-state index in [1.807, 2.05) is 6.92 Å². The second kappa shape index (κ2) is 6.28. The molecule has 0 aromatic heterocycles. The van der Waals surface area contributed by atoms with E-state index >= 15 is 0 Å². The molecule has 1 N–H and O–H groups in total. The Balaban J connectivity index is 3.18. The number of nitrogens with one attached hydrogen (secondary N) is 1. The van der Waals surface area contributed by atoms with E-state index in [-0.39, 0.29) is 12.0 Å². The van der Waals surface area contributed by atoms with Crippen molar-refractivity contribution in [3.63, 3.8) is 0 Å². The molecule has 0 bridgehead atoms. The highest BCUT2D eigenvalue weighted by molar-refractivity contribution is 5.28. The summed E-state index contributed by atoms with van der Waals surface area (Å²) in [4.78, 5) is 0. The zero-order valence-corrected chi connectivity index (χ0v) is 11.8. The highest BCUT2D eigenvalue weighted by atomic mass is 19.2. The topological polar surface area (TPSA) is 12.0 Å². The van der Waals surface area contributed by atoms with Gasteiger partial charge in [-0.1, -0.05) is 39.8 Å². The van der Waals surface area contributed by atoms with E-state index in [0.717, 1.165) is 6.54 Å². The van der Waals surface area contributed by atoms with Gasteiger partial charge in [-0.05, 0) is 30.9 Å². The second-order valence-corrected chi connectivity index (χ2v) is 5.24. The Kier molecular flexibility index (Phi) is 5.27. The smallest absolute Gasteiger partial charge is 0.163 e. The summed E-state index contributed by atoms with van der Waals surface area (Å²) in [5, 5.41) is 3.26. The van der Waals surface area contributed by atoms with Crippen molar-refractivity contribution >= 4 is 0 Å². The van der Waals surface area contributed by atoms with E-state index in [1.165, 1.54) is 0 Å². The Morgan fingerprint density at radius 2 is 1.72 bits per heavy atom. The van der Waals surface area contributed by atoms with Crippen LogP contribution in [-0.4, -0.2) is 6.54 Å². The Morgan fingerprint density at radius 1 is 1.11 bits per heavy atom. The first kappa shape index (κ1) is 15.1. The zero-order chi connectivity index (χ0) is 13.9. The molecular weight excluding hydrogens is 232 g/mol. The lowest BCUT2D eigenvalue weighted by Gasteiger charge is -2.28. The largest absolute Gasteiger partial charge is 0.310 e. The van der Waals surface area contributed by atoms with E-state index in [2.05, 4.69) is 26.1 Å². The molecule has 2 atom stereocenters. The molecule has 18 heavy (non-hydrogen) atoms. The van der Waals surface area contributed by atoms with E-state index < -0.39 is 11.6 Å². The van der Waals surface area contributed by atoms with Gasteiger partial charge >= 0.3 is 0 Å². The Labute approximate surface area is 109 Å². The normalized spacial score (nSPS) is 14.9. The predicted molar refractivity (Wildman–Crippen MR) is 71.5 cm³/mol. The number of aryl methyl sites for hydroxylation is 1. The summed E-state index contributed by atoms with van der Waals surface area (Å²) in [5.74, 6) is -0.806. The third kappa shape index (κ3) is 3.08. The molecule has 0 saturated carbocycles. The minimum absolute atomic E-state index is 0.148. The van der Waals surface area contributed by atoms with Crippen LogP contribution < -0.4 is 5.32 Å². The minimum Gasteiger partial charge on any atom is -0.310 e. The van der Waals surface area contributed by atoms with Crippen molar-refractivity contribution in [3.8, 4) is 0 Å². The first-order chi connectivity index (χ1) is 8.40. The lowest BCUT2D eigenvalue weighted by atomic mass is 9.85. The lowest BCUT2D eigenvalue weighted by molar-refractivity contribution is 0.298. The van der Waals surface area contributed by atoms with Crippen LogP contribution in [0.4, 0.5) is 8.78 Å². The number of hydrogen-bond donors (Lipinski definition) is 1. The summed E-state index contributed by atoms with van der Waals surface area (Å²) in [7, 11) is 0. The third-order valence-electron chi connectivity index (χ3n) is 3.64. The predicted octanol–water partition coefficient (Wildman–Crippen LogP) is 4.22. The standard InChI is InChI=1S/C15H23F2N/c1-6-18-15(11(5)9(2)3)12-8-7-10(4)13(16)14(12)17/h7-9,11,15,18H,6H2,1-5H3. The van der Waals surface area contributed by atoms with Gasteiger partial charge in [0.1, 0.15) is 0 Å². The molecule has 1 nitrogen and oxygen atoms in total. The van der Waals surface area contributed by atoms with Crippen LogP contribution in [0.2, 0.25) is 0 Å². The lowest BCUT2D eigenvalue weighted by Crippen LogP contribution is -2.30. The molecule has 0 aliphatic heterocycles. The second-order valence-electron chi connectivity index (χ2n) is 5.24. The quantitative estimate of drug-likeness (QED) is 0.830. The van der Waals surface area contributed by atoms with Crippen LogP contribution >= 0.6 is 0 Å². The number of halogens is 2. The van der Waals surface area contributed by atoms with E-state index in [1.54, 1.807) is 19.1 Å². The maximum absolute atomic E-state index is 14.0. The highest BCUT2D eigenvalue weighted by Crippen LogP contribution is 2.30. The molecular formula is C15H23F2N. The van der Waals surface area contributed by atoms with Crippen molar-refractivity contribution in [1.29, 1.82) is 0 Å². The summed E-state index contributed by atoms with van der Waals surface area (Å²) in [6.45, 7) is 10.5. The van der Waals surface area contributed by atoms with E-state index in [9.17, 15) is 8.78 Å². The number of benzene rings is 1. The molecule has 1 aromatic rings. The van der Waals surface area contributed by atoms with Crippen molar-refractivity contribution in [2.45, 2.75) is 40.7 Å². The molecule has 0 aliphatic rings. The van der Waals surface area contributed by atoms with Crippen LogP contribution in [0.1, 0.15) is 44.9 Å². The minimum atomic E-state index is -0.730. The van der Waals surface area contributed by atoms with Gasteiger partial charge < -0.3 is 5.32 Å². The first-order valence-electron chi connectivity index (χ1n) is 6.58. The van der Waals surface area contributed by atoms with Gasteiger partial charge in [-0.2, -0.15) is 0 Å². The van der Waals surface area contributed by atoms with Gasteiger partial charge in [0.25, 0.3) is 0 Å². The zero-order valence-electron chi connectivity index (χ0n) is 11.8. The van der Waals surface area contributed by atoms with Gasteiger partial charge in [-0.15, -0.1) is 0 Å². The van der Waals surface area contributed by atoms with Gasteiger partial charge in [-0.3, -0.25) is 0 Å². The molecule has 0 spiro atoms. The Hall–Kier alpha value is -0.960. The number of rotatable bonds is 5. The Bertz CT molecular complexity index is 402. The fourth-order valence-corrected chi connectivity index (χ4v) is 2.09. The van der Waals surface area contributed by atoms with Crippen molar-refractivity contribution in [1.82, 2.24) is 5.32 Å². The molecule has 102 valence electrons. The molecule has 1 aromatic carbocycles. The first-order valence-corrected chi connectivity index (χ1v) is 6.58. The average molecular weight is 255 g/mol. The molecule has 0 fully saturated rings. The van der Waals surface area contributed by atoms with Crippen LogP contribution in [0.25, 0.3) is 0 Å². The third-order valence-corrected chi connectivity index (χ3v) is 3.64. The molecule has 3 heteroatoms. The van der Waals surface area contributed by atoms with E-state index in [0.29, 0.717) is 17.0 Å². The maximum atomic E-state index is 14.0. The molecule has 0 amide bonds. The molecule has 0 radical (unpaired) electrons. The van der Waals surface area contributed by atoms with Crippen molar-refractivity contribution in [2.24, 2.45) is 11.8 Å². The average Bonchev–Trinajstić information content (AvgIpc) is 2.33. The molecule has 2 unspecified atom stereocenters. The fourth-order valence-electron chi connectivity index (χ4n) is 2.09. The van der Waals surface area contributed by atoms with Crippen molar-refractivity contribution in [2.75, 3.05) is 6.54 Å². The fraction of sp³-hybridized carbons (Fsp3) is 0.600. The summed E-state index contributed by atoms with van der Waals surface area (Å²) in [6, 6.07) is 3.19. The summed E-state index contributed by atoms with van der Waals surface area (Å²) < 4.78 is 27.7. The van der Waals surface area contributed by atoms with E-state index in [4.69, 9.17) is 0 Å². The molecule has 0 aliphatic carbocycles. The van der Waals surface area contributed by atoms with Gasteiger partial charge in [0, 0.05) is 11.6 Å². The van der Waals surface area contributed by atoms with Crippen LogP contribution in [0, 0.1) is 30.4 Å². The maximum Gasteiger partial charge on any atom is 0.163 e. The summed E-state index contributed by atoms with van der Waals surface area (Å²) in [6.07, 6.45) is 0. The van der Waals surface area contributed by atoms with Gasteiger partial charge in [0.05, 0.1) is 0 Å². The van der Waals surface area contributed by atoms with Gasteiger partial charge in [0.15, 0.2) is 11.6 Å². The van der Waals surface area contributed by atoms with Crippen molar-refractivity contribution < 1.29 is 8.78 Å². The van der Waals surface area contributed by atoms with Crippen LogP contribution in [-0.2, 0) is 0 Å².